The van der Waals surface area contributed by atoms with Gasteiger partial charge in [-0.2, -0.15) is 0 Å². The lowest BCUT2D eigenvalue weighted by Gasteiger charge is -2.24. The lowest BCUT2D eigenvalue weighted by molar-refractivity contribution is 0.169. The molecule has 1 fully saturated rings. The maximum absolute atomic E-state index is 6.16. The first-order valence-corrected chi connectivity index (χ1v) is 5.46. The minimum absolute atomic E-state index is 0.213. The summed E-state index contributed by atoms with van der Waals surface area (Å²) in [5, 5.41) is 0.595. The van der Waals surface area contributed by atoms with Crippen molar-refractivity contribution < 1.29 is 9.47 Å². The molecule has 0 aromatic heterocycles. The number of benzene rings is 1. The van der Waals surface area contributed by atoms with Crippen molar-refractivity contribution in [3.05, 3.63) is 22.7 Å². The maximum Gasteiger partial charge on any atom is 0.180 e. The van der Waals surface area contributed by atoms with Crippen molar-refractivity contribution in [2.45, 2.75) is 18.4 Å². The van der Waals surface area contributed by atoms with Crippen molar-refractivity contribution in [2.75, 3.05) is 13.2 Å². The molecule has 0 unspecified atom stereocenters. The van der Waals surface area contributed by atoms with Gasteiger partial charge in [0.25, 0.3) is 0 Å². The van der Waals surface area contributed by atoms with E-state index in [9.17, 15) is 0 Å². The normalized spacial score (nSPS) is 21.2. The van der Waals surface area contributed by atoms with Gasteiger partial charge in [-0.25, -0.2) is 0 Å². The Morgan fingerprint density at radius 1 is 1.13 bits per heavy atom. The Hall–Kier alpha value is -0.930. The number of ether oxygens (including phenoxy) is 2. The van der Waals surface area contributed by atoms with Crippen LogP contribution in [0.25, 0.3) is 0 Å². The van der Waals surface area contributed by atoms with E-state index in [4.69, 9.17) is 26.8 Å². The summed E-state index contributed by atoms with van der Waals surface area (Å²) < 4.78 is 11.1. The summed E-state index contributed by atoms with van der Waals surface area (Å²) in [5.74, 6) is 1.39. The molecule has 0 saturated heterocycles. The summed E-state index contributed by atoms with van der Waals surface area (Å²) >= 11 is 6.04. The Labute approximate surface area is 93.1 Å². The fourth-order valence-electron chi connectivity index (χ4n) is 1.90. The minimum Gasteiger partial charge on any atom is -0.486 e. The molecule has 1 aromatic carbocycles. The molecule has 15 heavy (non-hydrogen) atoms. The first kappa shape index (κ1) is 9.31. The third-order valence-electron chi connectivity index (χ3n) is 2.97. The monoisotopic (exact) mass is 225 g/mol. The predicted octanol–water partition coefficient (Wildman–Crippen LogP) is 2.06. The van der Waals surface area contributed by atoms with E-state index in [2.05, 4.69) is 0 Å². The highest BCUT2D eigenvalue weighted by atomic mass is 35.5. The minimum atomic E-state index is -0.213. The average Bonchev–Trinajstić information content (AvgIpc) is 2.98. The molecule has 0 spiro atoms. The van der Waals surface area contributed by atoms with Crippen LogP contribution in [0.2, 0.25) is 5.02 Å². The van der Waals surface area contributed by atoms with Crippen molar-refractivity contribution in [3.63, 3.8) is 0 Å². The Kier molecular flexibility index (Phi) is 1.88. The molecule has 0 amide bonds. The summed E-state index contributed by atoms with van der Waals surface area (Å²) in [6.45, 7) is 1.12. The molecule has 3 nitrogen and oxygen atoms in total. The fraction of sp³-hybridized carbons (Fsp3) is 0.455. The topological polar surface area (TPSA) is 44.5 Å². The molecular formula is C11H12ClNO2. The van der Waals surface area contributed by atoms with Crippen LogP contribution in [0.3, 0.4) is 0 Å². The SMILES string of the molecule is NC1(c2ccc(Cl)c3c2OCCO3)CC1. The highest BCUT2D eigenvalue weighted by molar-refractivity contribution is 6.32. The lowest BCUT2D eigenvalue weighted by Crippen LogP contribution is -2.23. The quantitative estimate of drug-likeness (QED) is 0.796. The number of rotatable bonds is 1. The maximum atomic E-state index is 6.16. The molecule has 80 valence electrons. The van der Waals surface area contributed by atoms with E-state index in [1.165, 1.54) is 0 Å². The zero-order valence-electron chi connectivity index (χ0n) is 8.25. The van der Waals surface area contributed by atoms with Gasteiger partial charge in [0.2, 0.25) is 0 Å². The molecule has 2 N–H and O–H groups in total. The molecule has 3 rings (SSSR count). The second kappa shape index (κ2) is 3.03. The summed E-state index contributed by atoms with van der Waals surface area (Å²) in [4.78, 5) is 0. The fourth-order valence-corrected chi connectivity index (χ4v) is 2.10. The second-order valence-electron chi connectivity index (χ2n) is 4.11. The second-order valence-corrected chi connectivity index (χ2v) is 4.51. The Bertz CT molecular complexity index is 415. The van der Waals surface area contributed by atoms with Crippen LogP contribution in [0, 0.1) is 0 Å². The molecule has 4 heteroatoms. The van der Waals surface area contributed by atoms with Gasteiger partial charge in [0.1, 0.15) is 13.2 Å². The number of halogens is 1. The van der Waals surface area contributed by atoms with Crippen molar-refractivity contribution in [2.24, 2.45) is 5.73 Å². The molecule has 1 aromatic rings. The first-order valence-electron chi connectivity index (χ1n) is 5.08. The van der Waals surface area contributed by atoms with Crippen LogP contribution in [-0.2, 0) is 5.54 Å². The van der Waals surface area contributed by atoms with Crippen LogP contribution < -0.4 is 15.2 Å². The van der Waals surface area contributed by atoms with Gasteiger partial charge in [-0.1, -0.05) is 17.7 Å². The van der Waals surface area contributed by atoms with Crippen molar-refractivity contribution >= 4 is 11.6 Å². The van der Waals surface area contributed by atoms with E-state index in [1.54, 1.807) is 0 Å². The van der Waals surface area contributed by atoms with E-state index in [0.717, 1.165) is 24.2 Å². The predicted molar refractivity (Wildman–Crippen MR) is 57.5 cm³/mol. The van der Waals surface area contributed by atoms with Crippen molar-refractivity contribution in [1.29, 1.82) is 0 Å². The van der Waals surface area contributed by atoms with Gasteiger partial charge in [-0.3, -0.25) is 0 Å². The van der Waals surface area contributed by atoms with Gasteiger partial charge < -0.3 is 15.2 Å². The summed E-state index contributed by atoms with van der Waals surface area (Å²) in [6, 6.07) is 3.78. The van der Waals surface area contributed by atoms with Crippen LogP contribution in [0.5, 0.6) is 11.5 Å². The van der Waals surface area contributed by atoms with E-state index >= 15 is 0 Å². The van der Waals surface area contributed by atoms with Crippen LogP contribution in [0.1, 0.15) is 18.4 Å². The molecule has 0 bridgehead atoms. The van der Waals surface area contributed by atoms with E-state index in [1.807, 2.05) is 12.1 Å². The molecule has 1 saturated carbocycles. The van der Waals surface area contributed by atoms with Crippen LogP contribution in [-0.4, -0.2) is 13.2 Å². The molecule has 1 aliphatic heterocycles. The summed E-state index contributed by atoms with van der Waals surface area (Å²) in [7, 11) is 0. The van der Waals surface area contributed by atoms with Gasteiger partial charge in [0, 0.05) is 11.1 Å². The number of fused-ring (bicyclic) bond motifs is 1. The zero-order valence-corrected chi connectivity index (χ0v) is 9.01. The van der Waals surface area contributed by atoms with Crippen LogP contribution >= 0.6 is 11.6 Å². The summed E-state index contributed by atoms with van der Waals surface area (Å²) in [6.07, 6.45) is 2.01. The van der Waals surface area contributed by atoms with Gasteiger partial charge in [-0.05, 0) is 18.9 Å². The Balaban J connectivity index is 2.15. The molecule has 2 aliphatic rings. The largest absolute Gasteiger partial charge is 0.486 e. The van der Waals surface area contributed by atoms with Crippen molar-refractivity contribution in [3.8, 4) is 11.5 Å². The van der Waals surface area contributed by atoms with Crippen LogP contribution in [0.15, 0.2) is 12.1 Å². The average molecular weight is 226 g/mol. The first-order chi connectivity index (χ1) is 7.21. The number of hydrogen-bond acceptors (Lipinski definition) is 3. The third kappa shape index (κ3) is 1.38. The highest BCUT2D eigenvalue weighted by Crippen LogP contribution is 2.51. The third-order valence-corrected chi connectivity index (χ3v) is 3.26. The standard InChI is InChI=1S/C11H12ClNO2/c12-8-2-1-7(11(13)3-4-11)9-10(8)15-6-5-14-9/h1-2H,3-6,13H2. The number of nitrogens with two attached hydrogens (primary N) is 1. The molecule has 0 radical (unpaired) electrons. The van der Waals surface area contributed by atoms with Gasteiger partial charge in [-0.15, -0.1) is 0 Å². The Morgan fingerprint density at radius 3 is 2.47 bits per heavy atom. The number of hydrogen-bond donors (Lipinski definition) is 1. The Morgan fingerprint density at radius 2 is 1.80 bits per heavy atom. The van der Waals surface area contributed by atoms with E-state index in [0.29, 0.717) is 24.0 Å². The van der Waals surface area contributed by atoms with Crippen LogP contribution in [0.4, 0.5) is 0 Å². The van der Waals surface area contributed by atoms with Gasteiger partial charge in [0.05, 0.1) is 5.02 Å². The zero-order chi connectivity index (χ0) is 10.5. The van der Waals surface area contributed by atoms with Gasteiger partial charge in [0.15, 0.2) is 11.5 Å². The van der Waals surface area contributed by atoms with E-state index < -0.39 is 0 Å². The molecule has 1 aliphatic carbocycles. The lowest BCUT2D eigenvalue weighted by atomic mass is 10.0. The van der Waals surface area contributed by atoms with Gasteiger partial charge >= 0.3 is 0 Å². The molecular weight excluding hydrogens is 214 g/mol. The molecule has 0 atom stereocenters. The highest BCUT2D eigenvalue weighted by Gasteiger charge is 2.43. The smallest absolute Gasteiger partial charge is 0.180 e. The summed E-state index contributed by atoms with van der Waals surface area (Å²) in [5.41, 5.74) is 6.98. The van der Waals surface area contributed by atoms with Crippen molar-refractivity contribution in [1.82, 2.24) is 0 Å². The molecule has 1 heterocycles. The van der Waals surface area contributed by atoms with E-state index in [-0.39, 0.29) is 5.54 Å².